The first-order valence-corrected chi connectivity index (χ1v) is 8.80. The Hall–Kier alpha value is -3.11. The average molecular weight is 380 g/mol. The number of hydrogen-bond acceptors (Lipinski definition) is 3. The quantitative estimate of drug-likeness (QED) is 0.626. The first kappa shape index (κ1) is 18.7. The van der Waals surface area contributed by atoms with Crippen LogP contribution in [0, 0.1) is 6.92 Å². The van der Waals surface area contributed by atoms with E-state index in [0.717, 1.165) is 16.7 Å². The lowest BCUT2D eigenvalue weighted by Gasteiger charge is -2.11. The number of nitrogens with one attached hydrogen (secondary N) is 1. The number of ether oxygens (including phenoxy) is 1. The summed E-state index contributed by atoms with van der Waals surface area (Å²) in [5.74, 6) is -0.974. The lowest BCUT2D eigenvalue weighted by molar-refractivity contribution is -0.119. The van der Waals surface area contributed by atoms with Gasteiger partial charge in [-0.1, -0.05) is 66.2 Å². The molecule has 3 aromatic rings. The van der Waals surface area contributed by atoms with Crippen molar-refractivity contribution in [3.8, 4) is 11.1 Å². The van der Waals surface area contributed by atoms with Gasteiger partial charge in [-0.3, -0.25) is 4.79 Å². The highest BCUT2D eigenvalue weighted by Gasteiger charge is 2.15. The van der Waals surface area contributed by atoms with Gasteiger partial charge in [-0.05, 0) is 41.8 Å². The minimum Gasteiger partial charge on any atom is -0.452 e. The van der Waals surface area contributed by atoms with E-state index in [1.54, 1.807) is 37.3 Å². The van der Waals surface area contributed by atoms with E-state index in [0.29, 0.717) is 16.3 Å². The summed E-state index contributed by atoms with van der Waals surface area (Å²) in [6.07, 6.45) is 0. The van der Waals surface area contributed by atoms with Crippen molar-refractivity contribution in [2.24, 2.45) is 0 Å². The average Bonchev–Trinajstić information content (AvgIpc) is 2.70. The van der Waals surface area contributed by atoms with E-state index in [4.69, 9.17) is 16.3 Å². The van der Waals surface area contributed by atoms with Crippen LogP contribution in [0.25, 0.3) is 11.1 Å². The van der Waals surface area contributed by atoms with Crippen molar-refractivity contribution in [2.45, 2.75) is 6.92 Å². The van der Waals surface area contributed by atoms with Gasteiger partial charge in [0.25, 0.3) is 5.91 Å². The van der Waals surface area contributed by atoms with E-state index in [2.05, 4.69) is 5.32 Å². The molecule has 0 atom stereocenters. The highest BCUT2D eigenvalue weighted by molar-refractivity contribution is 6.31. The number of benzene rings is 3. The Labute approximate surface area is 162 Å². The molecule has 0 aliphatic heterocycles. The molecule has 0 heterocycles. The van der Waals surface area contributed by atoms with E-state index >= 15 is 0 Å². The fourth-order valence-electron chi connectivity index (χ4n) is 2.67. The third-order valence-electron chi connectivity index (χ3n) is 4.11. The van der Waals surface area contributed by atoms with E-state index < -0.39 is 11.9 Å². The van der Waals surface area contributed by atoms with Gasteiger partial charge in [-0.2, -0.15) is 0 Å². The van der Waals surface area contributed by atoms with E-state index in [9.17, 15) is 9.59 Å². The molecule has 0 aliphatic carbocycles. The molecule has 136 valence electrons. The van der Waals surface area contributed by atoms with Crippen molar-refractivity contribution < 1.29 is 14.3 Å². The minimum atomic E-state index is -0.549. The molecule has 0 radical (unpaired) electrons. The molecule has 0 spiro atoms. The maximum absolute atomic E-state index is 12.5. The molecule has 3 aromatic carbocycles. The van der Waals surface area contributed by atoms with Crippen LogP contribution in [0.15, 0.2) is 72.8 Å². The van der Waals surface area contributed by atoms with E-state index in [1.165, 1.54) is 0 Å². The topological polar surface area (TPSA) is 55.4 Å². The second-order valence-electron chi connectivity index (χ2n) is 5.95. The predicted octanol–water partition coefficient (Wildman–Crippen LogP) is 5.11. The molecule has 0 fully saturated rings. The van der Waals surface area contributed by atoms with Crippen LogP contribution < -0.4 is 5.32 Å². The first-order chi connectivity index (χ1) is 13.1. The van der Waals surface area contributed by atoms with Gasteiger partial charge in [0.1, 0.15) is 0 Å². The molecule has 3 rings (SSSR count). The Morgan fingerprint density at radius 1 is 0.926 bits per heavy atom. The second kappa shape index (κ2) is 8.52. The lowest BCUT2D eigenvalue weighted by Crippen LogP contribution is -2.21. The molecule has 27 heavy (non-hydrogen) atoms. The third-order valence-corrected chi connectivity index (χ3v) is 4.52. The number of hydrogen-bond donors (Lipinski definition) is 1. The van der Waals surface area contributed by atoms with Crippen LogP contribution in [0.4, 0.5) is 5.69 Å². The molecule has 0 aromatic heterocycles. The van der Waals surface area contributed by atoms with Crippen molar-refractivity contribution >= 4 is 29.2 Å². The van der Waals surface area contributed by atoms with Gasteiger partial charge >= 0.3 is 5.97 Å². The molecule has 0 bridgehead atoms. The Morgan fingerprint density at radius 3 is 2.41 bits per heavy atom. The summed E-state index contributed by atoms with van der Waals surface area (Å²) in [5, 5.41) is 3.26. The molecule has 0 saturated heterocycles. The highest BCUT2D eigenvalue weighted by Crippen LogP contribution is 2.24. The van der Waals surface area contributed by atoms with Crippen LogP contribution in [0.2, 0.25) is 5.02 Å². The SMILES string of the molecule is Cc1c(Cl)cccc1NC(=O)COC(=O)c1ccccc1-c1ccccc1. The largest absolute Gasteiger partial charge is 0.452 e. The summed E-state index contributed by atoms with van der Waals surface area (Å²) in [4.78, 5) is 24.6. The molecule has 0 aliphatic rings. The lowest BCUT2D eigenvalue weighted by atomic mass is 10.00. The van der Waals surface area contributed by atoms with Crippen LogP contribution in [0.3, 0.4) is 0 Å². The second-order valence-corrected chi connectivity index (χ2v) is 6.36. The van der Waals surface area contributed by atoms with Crippen LogP contribution in [0.5, 0.6) is 0 Å². The van der Waals surface area contributed by atoms with Crippen molar-refractivity contribution in [3.63, 3.8) is 0 Å². The smallest absolute Gasteiger partial charge is 0.339 e. The molecule has 5 heteroatoms. The van der Waals surface area contributed by atoms with Crippen LogP contribution in [-0.2, 0) is 9.53 Å². The fraction of sp³-hybridized carbons (Fsp3) is 0.0909. The Kier molecular flexibility index (Phi) is 5.89. The molecule has 1 amide bonds. The van der Waals surface area contributed by atoms with Gasteiger partial charge in [0.05, 0.1) is 5.56 Å². The zero-order valence-electron chi connectivity index (χ0n) is 14.7. The predicted molar refractivity (Wildman–Crippen MR) is 107 cm³/mol. The summed E-state index contributed by atoms with van der Waals surface area (Å²) < 4.78 is 5.21. The van der Waals surface area contributed by atoms with Crippen LogP contribution >= 0.6 is 11.6 Å². The van der Waals surface area contributed by atoms with Crippen molar-refractivity contribution in [3.05, 3.63) is 88.9 Å². The first-order valence-electron chi connectivity index (χ1n) is 8.43. The normalized spacial score (nSPS) is 10.3. The number of amides is 1. The fourth-order valence-corrected chi connectivity index (χ4v) is 2.84. The number of anilines is 1. The molecule has 0 unspecified atom stereocenters. The summed E-state index contributed by atoms with van der Waals surface area (Å²) in [6.45, 7) is 1.42. The molecular weight excluding hydrogens is 362 g/mol. The summed E-state index contributed by atoms with van der Waals surface area (Å²) in [7, 11) is 0. The zero-order chi connectivity index (χ0) is 19.2. The van der Waals surface area contributed by atoms with Gasteiger partial charge in [-0.25, -0.2) is 4.79 Å². The number of carbonyl (C=O) groups excluding carboxylic acids is 2. The Bertz CT molecular complexity index is 970. The van der Waals surface area contributed by atoms with E-state index in [1.807, 2.05) is 42.5 Å². The third kappa shape index (κ3) is 4.54. The number of rotatable bonds is 5. The molecular formula is C22H18ClNO3. The number of esters is 1. The number of carbonyl (C=O) groups is 2. The zero-order valence-corrected chi connectivity index (χ0v) is 15.5. The standard InChI is InChI=1S/C22H18ClNO3/c1-15-19(23)12-7-13-20(15)24-21(25)14-27-22(26)18-11-6-5-10-17(18)16-8-3-2-4-9-16/h2-13H,14H2,1H3,(H,24,25). The van der Waals surface area contributed by atoms with Gasteiger partial charge in [-0.15, -0.1) is 0 Å². The van der Waals surface area contributed by atoms with Crippen molar-refractivity contribution in [1.82, 2.24) is 0 Å². The monoisotopic (exact) mass is 379 g/mol. The van der Waals surface area contributed by atoms with Gasteiger partial charge in [0.15, 0.2) is 6.61 Å². The maximum Gasteiger partial charge on any atom is 0.339 e. The maximum atomic E-state index is 12.5. The summed E-state index contributed by atoms with van der Waals surface area (Å²) in [5.41, 5.74) is 3.43. The van der Waals surface area contributed by atoms with Gasteiger partial charge in [0, 0.05) is 10.7 Å². The van der Waals surface area contributed by atoms with Crippen molar-refractivity contribution in [2.75, 3.05) is 11.9 Å². The van der Waals surface area contributed by atoms with Crippen LogP contribution in [-0.4, -0.2) is 18.5 Å². The summed E-state index contributed by atoms with van der Waals surface area (Å²) in [6, 6.07) is 21.9. The number of halogens is 1. The molecule has 1 N–H and O–H groups in total. The minimum absolute atomic E-state index is 0.381. The Balaban J connectivity index is 1.68. The molecule has 0 saturated carbocycles. The molecule has 4 nitrogen and oxygen atoms in total. The van der Waals surface area contributed by atoms with Gasteiger partial charge in [0.2, 0.25) is 0 Å². The summed E-state index contributed by atoms with van der Waals surface area (Å²) >= 11 is 6.04. The van der Waals surface area contributed by atoms with Crippen LogP contribution in [0.1, 0.15) is 15.9 Å². The van der Waals surface area contributed by atoms with Crippen molar-refractivity contribution in [1.29, 1.82) is 0 Å². The van der Waals surface area contributed by atoms with Gasteiger partial charge < -0.3 is 10.1 Å². The highest BCUT2D eigenvalue weighted by atomic mass is 35.5. The Morgan fingerprint density at radius 2 is 1.63 bits per heavy atom. The van der Waals surface area contributed by atoms with E-state index in [-0.39, 0.29) is 6.61 Å².